The Labute approximate surface area is 220 Å². The molecule has 0 saturated carbocycles. The molecule has 1 saturated heterocycles. The topological polar surface area (TPSA) is 84.4 Å². The smallest absolute Gasteiger partial charge is 0.253 e. The van der Waals surface area contributed by atoms with Gasteiger partial charge in [0.2, 0.25) is 0 Å². The number of piperidine rings is 1. The lowest BCUT2D eigenvalue weighted by atomic mass is 9.89. The number of hydrogen-bond donors (Lipinski definition) is 1. The third-order valence-electron chi connectivity index (χ3n) is 6.77. The van der Waals surface area contributed by atoms with E-state index in [1.807, 2.05) is 73.3 Å². The largest absolute Gasteiger partial charge is 0.494 e. The number of carbonyl (C=O) groups excluding carboxylic acids is 2. The van der Waals surface area contributed by atoms with Crippen molar-refractivity contribution in [3.63, 3.8) is 0 Å². The van der Waals surface area contributed by atoms with E-state index in [0.717, 1.165) is 45.8 Å². The van der Waals surface area contributed by atoms with Gasteiger partial charge in [-0.25, -0.2) is 4.98 Å². The van der Waals surface area contributed by atoms with Gasteiger partial charge < -0.3 is 15.0 Å². The lowest BCUT2D eigenvalue weighted by Crippen LogP contribution is -2.38. The summed E-state index contributed by atoms with van der Waals surface area (Å²) in [5.41, 5.74) is 6.63. The summed E-state index contributed by atoms with van der Waals surface area (Å²) in [6.07, 6.45) is 1.52. The van der Waals surface area contributed by atoms with E-state index >= 15 is 0 Å². The number of fused-ring (bicyclic) bond motifs is 1. The number of ether oxygens (including phenoxy) is 1. The molecule has 3 heterocycles. The van der Waals surface area contributed by atoms with Crippen LogP contribution in [0.4, 0.5) is 0 Å². The first kappa shape index (κ1) is 24.9. The summed E-state index contributed by atoms with van der Waals surface area (Å²) in [5, 5.41) is 3.05. The second kappa shape index (κ2) is 11.1. The predicted octanol–water partition coefficient (Wildman–Crippen LogP) is 5.35. The van der Waals surface area contributed by atoms with Crippen LogP contribution in [0.2, 0.25) is 0 Å². The molecular weight excluding hydrogens is 484 g/mol. The fourth-order valence-electron chi connectivity index (χ4n) is 4.82. The quantitative estimate of drug-likeness (QED) is 0.360. The van der Waals surface area contributed by atoms with Gasteiger partial charge in [-0.15, -0.1) is 11.3 Å². The summed E-state index contributed by atoms with van der Waals surface area (Å²) in [4.78, 5) is 37.4. The molecule has 1 aliphatic rings. The Kier molecular flexibility index (Phi) is 7.46. The third kappa shape index (κ3) is 5.49. The Morgan fingerprint density at radius 3 is 2.73 bits per heavy atom. The van der Waals surface area contributed by atoms with Crippen LogP contribution in [-0.2, 0) is 6.54 Å². The van der Waals surface area contributed by atoms with Crippen molar-refractivity contribution in [3.05, 3.63) is 88.2 Å². The molecule has 0 atom stereocenters. The lowest BCUT2D eigenvalue weighted by molar-refractivity contribution is 0.0710. The number of nitrogens with zero attached hydrogens (tertiary/aromatic N) is 3. The number of rotatable bonds is 7. The molecule has 1 aliphatic heterocycles. The lowest BCUT2D eigenvalue weighted by Gasteiger charge is -2.32. The standard InChI is InChI=1S/C29H30N4O3S/c1-3-36-25-7-5-4-6-22(25)17-30-28(34)23-10-8-19(2)32-27(23)20-12-14-33(15-13-20)29(35)21-9-11-24-26(16-21)37-18-31-24/h4-11,16,18,20H,3,12-15,17H2,1-2H3,(H,30,34). The van der Waals surface area contributed by atoms with Crippen molar-refractivity contribution < 1.29 is 14.3 Å². The summed E-state index contributed by atoms with van der Waals surface area (Å²) in [5.74, 6) is 0.783. The number of para-hydroxylation sites is 1. The Hall–Kier alpha value is -3.78. The van der Waals surface area contributed by atoms with Crippen molar-refractivity contribution in [3.8, 4) is 5.75 Å². The van der Waals surface area contributed by atoms with E-state index in [2.05, 4.69) is 10.3 Å². The van der Waals surface area contributed by atoms with Gasteiger partial charge in [-0.1, -0.05) is 18.2 Å². The molecular formula is C29H30N4O3S. The number of carbonyl (C=O) groups is 2. The van der Waals surface area contributed by atoms with Gasteiger partial charge in [0, 0.05) is 42.4 Å². The second-order valence-corrected chi connectivity index (χ2v) is 10.1. The number of aryl methyl sites for hydroxylation is 1. The van der Waals surface area contributed by atoms with Crippen molar-refractivity contribution in [2.45, 2.75) is 39.2 Å². The number of amides is 2. The zero-order valence-electron chi connectivity index (χ0n) is 21.1. The van der Waals surface area contributed by atoms with E-state index < -0.39 is 0 Å². The van der Waals surface area contributed by atoms with Crippen LogP contribution >= 0.6 is 11.3 Å². The summed E-state index contributed by atoms with van der Waals surface area (Å²) < 4.78 is 6.71. The highest BCUT2D eigenvalue weighted by molar-refractivity contribution is 7.16. The highest BCUT2D eigenvalue weighted by Crippen LogP contribution is 2.31. The van der Waals surface area contributed by atoms with Crippen molar-refractivity contribution in [2.75, 3.05) is 19.7 Å². The molecule has 1 N–H and O–H groups in total. The minimum absolute atomic E-state index is 0.0388. The minimum atomic E-state index is -0.148. The normalized spacial score (nSPS) is 14.1. The zero-order chi connectivity index (χ0) is 25.8. The van der Waals surface area contributed by atoms with Crippen molar-refractivity contribution in [2.24, 2.45) is 0 Å². The van der Waals surface area contributed by atoms with E-state index in [1.165, 1.54) is 11.3 Å². The molecule has 4 aromatic rings. The molecule has 0 aliphatic carbocycles. The molecule has 0 unspecified atom stereocenters. The van der Waals surface area contributed by atoms with Crippen molar-refractivity contribution >= 4 is 33.4 Å². The number of pyridine rings is 1. The van der Waals surface area contributed by atoms with Crippen LogP contribution in [0.3, 0.4) is 0 Å². The number of likely N-dealkylation sites (tertiary alicyclic amines) is 1. The van der Waals surface area contributed by atoms with Gasteiger partial charge in [-0.3, -0.25) is 14.6 Å². The van der Waals surface area contributed by atoms with Crippen molar-refractivity contribution in [1.29, 1.82) is 0 Å². The van der Waals surface area contributed by atoms with Crippen molar-refractivity contribution in [1.82, 2.24) is 20.2 Å². The molecule has 190 valence electrons. The number of benzene rings is 2. The molecule has 37 heavy (non-hydrogen) atoms. The van der Waals surface area contributed by atoms with Crippen LogP contribution < -0.4 is 10.1 Å². The monoisotopic (exact) mass is 514 g/mol. The zero-order valence-corrected chi connectivity index (χ0v) is 21.9. The van der Waals surface area contributed by atoms with Crippen LogP contribution in [0.1, 0.15) is 63.4 Å². The molecule has 2 aromatic carbocycles. The Bertz CT molecular complexity index is 1430. The van der Waals surface area contributed by atoms with Gasteiger partial charge in [0.05, 0.1) is 33.6 Å². The van der Waals surface area contributed by atoms with Gasteiger partial charge in [0.1, 0.15) is 5.75 Å². The van der Waals surface area contributed by atoms with E-state index in [1.54, 1.807) is 5.51 Å². The number of nitrogens with one attached hydrogen (secondary N) is 1. The van der Waals surface area contributed by atoms with Crippen LogP contribution in [-0.4, -0.2) is 46.4 Å². The van der Waals surface area contributed by atoms with Gasteiger partial charge in [-0.2, -0.15) is 0 Å². The first-order valence-corrected chi connectivity index (χ1v) is 13.5. The van der Waals surface area contributed by atoms with Gasteiger partial charge >= 0.3 is 0 Å². The Morgan fingerprint density at radius 2 is 1.92 bits per heavy atom. The number of thiazole rings is 1. The second-order valence-electron chi connectivity index (χ2n) is 9.21. The SMILES string of the molecule is CCOc1ccccc1CNC(=O)c1ccc(C)nc1C1CCN(C(=O)c2ccc3ncsc3c2)CC1. The number of aromatic nitrogens is 2. The fraction of sp³-hybridized carbons (Fsp3) is 0.310. The Morgan fingerprint density at radius 1 is 1.11 bits per heavy atom. The number of hydrogen-bond acceptors (Lipinski definition) is 6. The van der Waals surface area contributed by atoms with Crippen LogP contribution in [0.25, 0.3) is 10.2 Å². The van der Waals surface area contributed by atoms with Crippen LogP contribution in [0, 0.1) is 6.92 Å². The van der Waals surface area contributed by atoms with E-state index in [9.17, 15) is 9.59 Å². The maximum Gasteiger partial charge on any atom is 0.253 e. The van der Waals surface area contributed by atoms with E-state index in [4.69, 9.17) is 9.72 Å². The summed E-state index contributed by atoms with van der Waals surface area (Å²) in [7, 11) is 0. The molecule has 8 heteroatoms. The molecule has 7 nitrogen and oxygen atoms in total. The first-order valence-electron chi connectivity index (χ1n) is 12.6. The fourth-order valence-corrected chi connectivity index (χ4v) is 5.54. The highest BCUT2D eigenvalue weighted by Gasteiger charge is 2.28. The molecule has 5 rings (SSSR count). The summed E-state index contributed by atoms with van der Waals surface area (Å²) >= 11 is 1.54. The maximum atomic E-state index is 13.2. The molecule has 0 spiro atoms. The molecule has 0 bridgehead atoms. The molecule has 2 aromatic heterocycles. The van der Waals surface area contributed by atoms with Gasteiger partial charge in [-0.05, 0) is 63.1 Å². The average molecular weight is 515 g/mol. The average Bonchev–Trinajstić information content (AvgIpc) is 3.40. The summed E-state index contributed by atoms with van der Waals surface area (Å²) in [6, 6.07) is 17.2. The minimum Gasteiger partial charge on any atom is -0.494 e. The molecule has 0 radical (unpaired) electrons. The third-order valence-corrected chi connectivity index (χ3v) is 7.56. The first-order chi connectivity index (χ1) is 18.0. The highest BCUT2D eigenvalue weighted by atomic mass is 32.1. The Balaban J connectivity index is 1.26. The van der Waals surface area contributed by atoms with Crippen LogP contribution in [0.15, 0.2) is 60.1 Å². The van der Waals surface area contributed by atoms with E-state index in [0.29, 0.717) is 37.4 Å². The maximum absolute atomic E-state index is 13.2. The van der Waals surface area contributed by atoms with Gasteiger partial charge in [0.15, 0.2) is 0 Å². The van der Waals surface area contributed by atoms with E-state index in [-0.39, 0.29) is 17.7 Å². The molecule has 1 fully saturated rings. The van der Waals surface area contributed by atoms with Crippen LogP contribution in [0.5, 0.6) is 5.75 Å². The predicted molar refractivity (Wildman–Crippen MR) is 145 cm³/mol. The molecule has 2 amide bonds. The summed E-state index contributed by atoms with van der Waals surface area (Å²) in [6.45, 7) is 6.08. The van der Waals surface area contributed by atoms with Gasteiger partial charge in [0.25, 0.3) is 11.8 Å².